The molecule has 0 radical (unpaired) electrons. The fraction of sp³-hybridized carbons (Fsp3) is 0.571. The van der Waals surface area contributed by atoms with E-state index in [1.165, 1.54) is 6.42 Å². The van der Waals surface area contributed by atoms with Crippen molar-refractivity contribution in [3.63, 3.8) is 0 Å². The summed E-state index contributed by atoms with van der Waals surface area (Å²) in [6.45, 7) is 3.52. The summed E-state index contributed by atoms with van der Waals surface area (Å²) < 4.78 is 11.1. The highest BCUT2D eigenvalue weighted by Crippen LogP contribution is 2.35. The van der Waals surface area contributed by atoms with Gasteiger partial charge in [0.25, 0.3) is 0 Å². The van der Waals surface area contributed by atoms with E-state index in [1.807, 2.05) is 18.2 Å². The van der Waals surface area contributed by atoms with Crippen LogP contribution in [0.3, 0.4) is 0 Å². The van der Waals surface area contributed by atoms with Gasteiger partial charge in [-0.1, -0.05) is 6.07 Å². The van der Waals surface area contributed by atoms with Gasteiger partial charge in [0.1, 0.15) is 0 Å². The summed E-state index contributed by atoms with van der Waals surface area (Å²) in [5.41, 5.74) is -0.0299. The van der Waals surface area contributed by atoms with E-state index in [4.69, 9.17) is 9.47 Å². The topological polar surface area (TPSA) is 38.7 Å². The van der Waals surface area contributed by atoms with E-state index in [0.29, 0.717) is 11.9 Å². The Morgan fingerprint density at radius 1 is 1.24 bits per heavy atom. The van der Waals surface area contributed by atoms with Crippen molar-refractivity contribution < 1.29 is 14.6 Å². The van der Waals surface area contributed by atoms with Crippen LogP contribution >= 0.6 is 0 Å². The minimum Gasteiger partial charge on any atom is -0.493 e. The van der Waals surface area contributed by atoms with Crippen molar-refractivity contribution in [2.24, 2.45) is 0 Å². The van der Waals surface area contributed by atoms with Crippen molar-refractivity contribution in [2.75, 3.05) is 7.11 Å². The van der Waals surface area contributed by atoms with Gasteiger partial charge < -0.3 is 14.6 Å². The average molecular weight is 236 g/mol. The van der Waals surface area contributed by atoms with Crippen LogP contribution < -0.4 is 9.47 Å². The molecular weight excluding hydrogens is 216 g/mol. The van der Waals surface area contributed by atoms with Crippen LogP contribution in [0.5, 0.6) is 11.5 Å². The first-order chi connectivity index (χ1) is 8.00. The second kappa shape index (κ2) is 4.57. The van der Waals surface area contributed by atoms with Crippen LogP contribution in [0, 0.1) is 0 Å². The van der Waals surface area contributed by atoms with E-state index < -0.39 is 5.60 Å². The average Bonchev–Trinajstić information content (AvgIpc) is 2.22. The fourth-order valence-corrected chi connectivity index (χ4v) is 1.81. The number of hydrogen-bond donors (Lipinski definition) is 1. The number of methoxy groups -OCH3 is 1. The standard InChI is InChI=1S/C14H20O3/c1-14(2,15)10-7-8-12(13(9-10)16-3)17-11-5-4-6-11/h7-9,11,15H,4-6H2,1-3H3. The Kier molecular flexibility index (Phi) is 3.29. The summed E-state index contributed by atoms with van der Waals surface area (Å²) >= 11 is 0. The molecule has 17 heavy (non-hydrogen) atoms. The molecule has 2 rings (SSSR count). The van der Waals surface area contributed by atoms with Crippen LogP contribution in [0.1, 0.15) is 38.7 Å². The summed E-state index contributed by atoms with van der Waals surface area (Å²) in [5.74, 6) is 1.46. The summed E-state index contributed by atoms with van der Waals surface area (Å²) in [5, 5.41) is 9.94. The number of ether oxygens (including phenoxy) is 2. The van der Waals surface area contributed by atoms with Crippen molar-refractivity contribution in [2.45, 2.75) is 44.8 Å². The van der Waals surface area contributed by atoms with E-state index in [9.17, 15) is 5.11 Å². The Balaban J connectivity index is 2.21. The SMILES string of the molecule is COc1cc(C(C)(C)O)ccc1OC1CCC1. The van der Waals surface area contributed by atoms with Gasteiger partial charge in [0, 0.05) is 0 Å². The van der Waals surface area contributed by atoms with Crippen LogP contribution in [0.25, 0.3) is 0 Å². The van der Waals surface area contributed by atoms with Gasteiger partial charge in [-0.3, -0.25) is 0 Å². The predicted molar refractivity (Wildman–Crippen MR) is 66.5 cm³/mol. The molecule has 1 aromatic rings. The third-order valence-corrected chi connectivity index (χ3v) is 3.22. The van der Waals surface area contributed by atoms with Crippen molar-refractivity contribution in [1.82, 2.24) is 0 Å². The highest BCUT2D eigenvalue weighted by molar-refractivity contribution is 5.44. The van der Waals surface area contributed by atoms with Crippen LogP contribution in [0.2, 0.25) is 0 Å². The lowest BCUT2D eigenvalue weighted by atomic mass is 9.95. The summed E-state index contributed by atoms with van der Waals surface area (Å²) in [6, 6.07) is 5.61. The van der Waals surface area contributed by atoms with Crippen molar-refractivity contribution in [3.8, 4) is 11.5 Å². The number of hydrogen-bond acceptors (Lipinski definition) is 3. The van der Waals surface area contributed by atoms with E-state index in [0.717, 1.165) is 24.2 Å². The largest absolute Gasteiger partial charge is 0.493 e. The molecule has 0 unspecified atom stereocenters. The van der Waals surface area contributed by atoms with Gasteiger partial charge in [0.05, 0.1) is 18.8 Å². The molecule has 3 nitrogen and oxygen atoms in total. The number of rotatable bonds is 4. The first-order valence-corrected chi connectivity index (χ1v) is 6.08. The molecule has 0 heterocycles. The molecule has 94 valence electrons. The zero-order valence-corrected chi connectivity index (χ0v) is 10.7. The van der Waals surface area contributed by atoms with Crippen molar-refractivity contribution >= 4 is 0 Å². The molecular formula is C14H20O3. The Morgan fingerprint density at radius 3 is 2.41 bits per heavy atom. The summed E-state index contributed by atoms with van der Waals surface area (Å²) in [4.78, 5) is 0. The van der Waals surface area contributed by atoms with Gasteiger partial charge in [-0.25, -0.2) is 0 Å². The van der Waals surface area contributed by atoms with Gasteiger partial charge >= 0.3 is 0 Å². The molecule has 1 aromatic carbocycles. The highest BCUT2D eigenvalue weighted by Gasteiger charge is 2.22. The molecule has 1 saturated carbocycles. The minimum absolute atomic E-state index is 0.330. The Hall–Kier alpha value is -1.22. The molecule has 0 aromatic heterocycles. The molecule has 3 heteroatoms. The number of aliphatic hydroxyl groups is 1. The highest BCUT2D eigenvalue weighted by atomic mass is 16.5. The third kappa shape index (κ3) is 2.72. The van der Waals surface area contributed by atoms with Crippen LogP contribution in [-0.2, 0) is 5.60 Å². The second-order valence-corrected chi connectivity index (χ2v) is 5.10. The van der Waals surface area contributed by atoms with Crippen LogP contribution in [0.4, 0.5) is 0 Å². The van der Waals surface area contributed by atoms with E-state index >= 15 is 0 Å². The first-order valence-electron chi connectivity index (χ1n) is 6.08. The fourth-order valence-electron chi connectivity index (χ4n) is 1.81. The molecule has 0 bridgehead atoms. The van der Waals surface area contributed by atoms with Gasteiger partial charge in [-0.2, -0.15) is 0 Å². The molecule has 1 N–H and O–H groups in total. The van der Waals surface area contributed by atoms with Gasteiger partial charge in [-0.15, -0.1) is 0 Å². The van der Waals surface area contributed by atoms with Crippen LogP contribution in [0.15, 0.2) is 18.2 Å². The van der Waals surface area contributed by atoms with Gasteiger partial charge in [0.2, 0.25) is 0 Å². The Labute approximate surface area is 102 Å². The maximum atomic E-state index is 9.94. The Morgan fingerprint density at radius 2 is 1.94 bits per heavy atom. The lowest BCUT2D eigenvalue weighted by molar-refractivity contribution is 0.0778. The van der Waals surface area contributed by atoms with E-state index in [2.05, 4.69) is 0 Å². The normalized spacial score (nSPS) is 16.5. The zero-order valence-electron chi connectivity index (χ0n) is 10.7. The number of benzene rings is 1. The maximum Gasteiger partial charge on any atom is 0.161 e. The lowest BCUT2D eigenvalue weighted by Crippen LogP contribution is -2.25. The molecule has 1 aliphatic rings. The Bertz CT molecular complexity index is 389. The third-order valence-electron chi connectivity index (χ3n) is 3.22. The molecule has 0 atom stereocenters. The second-order valence-electron chi connectivity index (χ2n) is 5.10. The molecule has 0 spiro atoms. The molecule has 1 aliphatic carbocycles. The monoisotopic (exact) mass is 236 g/mol. The molecule has 0 aliphatic heterocycles. The van der Waals surface area contributed by atoms with Crippen LogP contribution in [-0.4, -0.2) is 18.3 Å². The molecule has 1 fully saturated rings. The molecule has 0 saturated heterocycles. The predicted octanol–water partition coefficient (Wildman–Crippen LogP) is 2.85. The van der Waals surface area contributed by atoms with E-state index in [-0.39, 0.29) is 0 Å². The quantitative estimate of drug-likeness (QED) is 0.873. The smallest absolute Gasteiger partial charge is 0.161 e. The summed E-state index contributed by atoms with van der Waals surface area (Å²) in [7, 11) is 1.62. The summed E-state index contributed by atoms with van der Waals surface area (Å²) in [6.07, 6.45) is 3.82. The zero-order chi connectivity index (χ0) is 12.5. The van der Waals surface area contributed by atoms with E-state index in [1.54, 1.807) is 21.0 Å². The first kappa shape index (κ1) is 12.2. The molecule has 0 amide bonds. The van der Waals surface area contributed by atoms with Crippen molar-refractivity contribution in [1.29, 1.82) is 0 Å². The lowest BCUT2D eigenvalue weighted by Gasteiger charge is -2.28. The minimum atomic E-state index is -0.859. The maximum absolute atomic E-state index is 9.94. The van der Waals surface area contributed by atoms with Gasteiger partial charge in [0.15, 0.2) is 11.5 Å². The van der Waals surface area contributed by atoms with Gasteiger partial charge in [-0.05, 0) is 50.8 Å². The van der Waals surface area contributed by atoms with Crippen molar-refractivity contribution in [3.05, 3.63) is 23.8 Å².